The molecule has 1 saturated heterocycles. The van der Waals surface area contributed by atoms with Crippen molar-refractivity contribution in [2.45, 2.75) is 23.2 Å². The molecule has 28 heavy (non-hydrogen) atoms. The van der Waals surface area contributed by atoms with Crippen molar-refractivity contribution >= 4 is 37.4 Å². The first-order valence-electron chi connectivity index (χ1n) is 8.18. The number of carbonyl (C=O) groups excluding carboxylic acids is 1. The molecule has 0 amide bonds. The molecule has 0 atom stereocenters. The standard InChI is InChI=1S/C17H17F3O6S2/c1-24-16(21)25-13-7-8-14-12(11-13)5-4-6-15(14)27(9-2-3-10-27)26-28(22,23)17(18,19)20/h4-8,11H,2-3,9-10H2,1H3. The van der Waals surface area contributed by atoms with E-state index in [1.165, 1.54) is 12.1 Å². The Labute approximate surface area is 161 Å². The third kappa shape index (κ3) is 3.91. The van der Waals surface area contributed by atoms with Crippen LogP contribution in [-0.4, -0.2) is 38.7 Å². The second-order valence-corrected chi connectivity index (χ2v) is 10.9. The number of ether oxygens (including phenoxy) is 2. The number of hydrogen-bond acceptors (Lipinski definition) is 6. The van der Waals surface area contributed by atoms with Crippen molar-refractivity contribution < 1.29 is 39.5 Å². The molecule has 1 aliphatic rings. The summed E-state index contributed by atoms with van der Waals surface area (Å²) < 4.78 is 76.5. The molecule has 0 unspecified atom stereocenters. The lowest BCUT2D eigenvalue weighted by Crippen LogP contribution is -2.27. The smallest absolute Gasteiger partial charge is 0.437 e. The second-order valence-electron chi connectivity index (χ2n) is 6.09. The van der Waals surface area contributed by atoms with Gasteiger partial charge in [0.05, 0.1) is 7.11 Å². The number of carbonyl (C=O) groups is 1. The Morgan fingerprint density at radius 1 is 1.11 bits per heavy atom. The molecular formula is C17H17F3O6S2. The summed E-state index contributed by atoms with van der Waals surface area (Å²) in [5, 5.41) is 1.12. The van der Waals surface area contributed by atoms with Gasteiger partial charge >= 0.3 is 21.8 Å². The minimum absolute atomic E-state index is 0.191. The van der Waals surface area contributed by atoms with E-state index in [1.54, 1.807) is 24.3 Å². The van der Waals surface area contributed by atoms with E-state index in [-0.39, 0.29) is 17.3 Å². The van der Waals surface area contributed by atoms with Gasteiger partial charge in [0.25, 0.3) is 0 Å². The SMILES string of the molecule is COC(=O)Oc1ccc2c(S3(OS(=O)(=O)C(F)(F)F)CCCC3)cccc2c1. The fraction of sp³-hybridized carbons (Fsp3) is 0.353. The number of rotatable bonds is 4. The molecule has 0 radical (unpaired) electrons. The lowest BCUT2D eigenvalue weighted by Gasteiger charge is -2.35. The largest absolute Gasteiger partial charge is 0.523 e. The van der Waals surface area contributed by atoms with Crippen molar-refractivity contribution in [3.8, 4) is 5.75 Å². The highest BCUT2D eigenvalue weighted by Gasteiger charge is 2.52. The summed E-state index contributed by atoms with van der Waals surface area (Å²) in [5.74, 6) is 0.639. The average molecular weight is 438 g/mol. The first-order valence-corrected chi connectivity index (χ1v) is 11.5. The molecule has 0 aromatic heterocycles. The highest BCUT2D eigenvalue weighted by Crippen LogP contribution is 2.64. The highest BCUT2D eigenvalue weighted by atomic mass is 32.3. The van der Waals surface area contributed by atoms with Crippen LogP contribution in [-0.2, 0) is 18.5 Å². The Hall–Kier alpha value is -1.98. The summed E-state index contributed by atoms with van der Waals surface area (Å²) >= 11 is 0. The van der Waals surface area contributed by atoms with Gasteiger partial charge in [-0.2, -0.15) is 21.6 Å². The van der Waals surface area contributed by atoms with E-state index in [0.29, 0.717) is 28.5 Å². The molecule has 0 aliphatic carbocycles. The van der Waals surface area contributed by atoms with Crippen molar-refractivity contribution in [3.05, 3.63) is 36.4 Å². The molecule has 2 aromatic rings. The fourth-order valence-corrected chi connectivity index (χ4v) is 8.48. The molecule has 1 fully saturated rings. The van der Waals surface area contributed by atoms with Crippen LogP contribution in [0, 0.1) is 0 Å². The summed E-state index contributed by atoms with van der Waals surface area (Å²) in [6.45, 7) is 0. The van der Waals surface area contributed by atoms with Crippen LogP contribution < -0.4 is 4.74 Å². The molecule has 0 bridgehead atoms. The summed E-state index contributed by atoms with van der Waals surface area (Å²) in [6, 6.07) is 9.44. The molecule has 1 aliphatic heterocycles. The molecule has 11 heteroatoms. The average Bonchev–Trinajstić information content (AvgIpc) is 3.08. The van der Waals surface area contributed by atoms with Gasteiger partial charge in [-0.25, -0.2) is 8.42 Å². The van der Waals surface area contributed by atoms with Crippen LogP contribution in [0.3, 0.4) is 0 Å². The van der Waals surface area contributed by atoms with Crippen LogP contribution in [0.1, 0.15) is 12.8 Å². The first-order chi connectivity index (χ1) is 13.1. The second kappa shape index (κ2) is 7.45. The minimum atomic E-state index is -5.73. The van der Waals surface area contributed by atoms with E-state index >= 15 is 0 Å². The Kier molecular flexibility index (Phi) is 5.52. The molecule has 0 saturated carbocycles. The zero-order chi connectivity index (χ0) is 20.6. The number of methoxy groups -OCH3 is 1. The lowest BCUT2D eigenvalue weighted by molar-refractivity contribution is -0.0496. The van der Waals surface area contributed by atoms with E-state index in [2.05, 4.69) is 4.74 Å². The van der Waals surface area contributed by atoms with Gasteiger partial charge < -0.3 is 9.47 Å². The molecule has 0 spiro atoms. The van der Waals surface area contributed by atoms with Crippen LogP contribution in [0.4, 0.5) is 18.0 Å². The van der Waals surface area contributed by atoms with Gasteiger partial charge in [0.15, 0.2) is 0 Å². The Morgan fingerprint density at radius 3 is 2.39 bits per heavy atom. The molecule has 2 aromatic carbocycles. The summed E-state index contributed by atoms with van der Waals surface area (Å²) in [4.78, 5) is 11.7. The Bertz CT molecular complexity index is 998. The molecule has 1 heterocycles. The van der Waals surface area contributed by atoms with Crippen molar-refractivity contribution in [1.82, 2.24) is 0 Å². The number of hydrogen-bond donors (Lipinski definition) is 0. The number of fused-ring (bicyclic) bond motifs is 1. The maximum Gasteiger partial charge on any atom is 0.523 e. The van der Waals surface area contributed by atoms with Crippen molar-refractivity contribution in [2.75, 3.05) is 18.6 Å². The van der Waals surface area contributed by atoms with E-state index in [0.717, 1.165) is 7.11 Å². The molecule has 3 rings (SSSR count). The third-order valence-electron chi connectivity index (χ3n) is 4.28. The molecule has 154 valence electrons. The van der Waals surface area contributed by atoms with Gasteiger partial charge in [-0.15, -0.1) is 0 Å². The van der Waals surface area contributed by atoms with Crippen LogP contribution in [0.2, 0.25) is 0 Å². The van der Waals surface area contributed by atoms with E-state index in [4.69, 9.17) is 8.37 Å². The van der Waals surface area contributed by atoms with Crippen LogP contribution >= 0.6 is 10.3 Å². The zero-order valence-electron chi connectivity index (χ0n) is 14.7. The summed E-state index contributed by atoms with van der Waals surface area (Å²) in [7, 11) is -7.26. The summed E-state index contributed by atoms with van der Waals surface area (Å²) in [6.07, 6.45) is 0.235. The predicted octanol–water partition coefficient (Wildman–Crippen LogP) is 4.72. The normalized spacial score (nSPS) is 18.0. The van der Waals surface area contributed by atoms with Gasteiger partial charge in [0, 0.05) is 16.4 Å². The van der Waals surface area contributed by atoms with Crippen molar-refractivity contribution in [1.29, 1.82) is 0 Å². The van der Waals surface area contributed by atoms with Gasteiger partial charge in [-0.3, -0.25) is 0 Å². The van der Waals surface area contributed by atoms with E-state index in [9.17, 15) is 26.4 Å². The van der Waals surface area contributed by atoms with Crippen LogP contribution in [0.25, 0.3) is 10.8 Å². The maximum absolute atomic E-state index is 12.9. The van der Waals surface area contributed by atoms with Crippen LogP contribution in [0.5, 0.6) is 5.75 Å². The fourth-order valence-electron chi connectivity index (χ4n) is 3.06. The topological polar surface area (TPSA) is 78.9 Å². The maximum atomic E-state index is 12.9. The van der Waals surface area contributed by atoms with E-state index in [1.807, 2.05) is 0 Å². The van der Waals surface area contributed by atoms with Crippen molar-refractivity contribution in [2.24, 2.45) is 0 Å². The van der Waals surface area contributed by atoms with Crippen LogP contribution in [0.15, 0.2) is 41.3 Å². The number of alkyl halides is 3. The predicted molar refractivity (Wildman–Crippen MR) is 97.9 cm³/mol. The third-order valence-corrected chi connectivity index (χ3v) is 9.66. The molecular weight excluding hydrogens is 421 g/mol. The lowest BCUT2D eigenvalue weighted by atomic mass is 10.1. The minimum Gasteiger partial charge on any atom is -0.437 e. The molecule has 6 nitrogen and oxygen atoms in total. The highest BCUT2D eigenvalue weighted by molar-refractivity contribution is 8.33. The number of halogens is 3. The Balaban J connectivity index is 2.08. The first kappa shape index (κ1) is 20.7. The van der Waals surface area contributed by atoms with Crippen molar-refractivity contribution in [3.63, 3.8) is 0 Å². The van der Waals surface area contributed by atoms with Gasteiger partial charge in [-0.05, 0) is 47.9 Å². The van der Waals surface area contributed by atoms with Gasteiger partial charge in [-0.1, -0.05) is 22.4 Å². The number of benzene rings is 2. The quantitative estimate of drug-likeness (QED) is 0.390. The van der Waals surface area contributed by atoms with Gasteiger partial charge in [0.1, 0.15) is 5.75 Å². The van der Waals surface area contributed by atoms with E-state index < -0.39 is 32.1 Å². The Morgan fingerprint density at radius 2 is 1.79 bits per heavy atom. The molecule has 0 N–H and O–H groups in total. The summed E-state index contributed by atoms with van der Waals surface area (Å²) in [5.41, 5.74) is -5.48. The van der Waals surface area contributed by atoms with Gasteiger partial charge in [0.2, 0.25) is 0 Å². The monoisotopic (exact) mass is 438 g/mol. The zero-order valence-corrected chi connectivity index (χ0v) is 16.3.